The molecule has 1 atom stereocenters. The first kappa shape index (κ1) is 27.0. The summed E-state index contributed by atoms with van der Waals surface area (Å²) >= 11 is 0. The van der Waals surface area contributed by atoms with Crippen molar-refractivity contribution in [3.8, 4) is 11.4 Å². The van der Waals surface area contributed by atoms with Crippen LogP contribution in [0.4, 0.5) is 13.2 Å². The number of hydrogen-bond acceptors (Lipinski definition) is 6. The van der Waals surface area contributed by atoms with Crippen LogP contribution in [0.15, 0.2) is 41.2 Å². The Bertz CT molecular complexity index is 1420. The van der Waals surface area contributed by atoms with E-state index in [4.69, 9.17) is 0 Å². The van der Waals surface area contributed by atoms with Gasteiger partial charge in [-0.2, -0.15) is 19.4 Å². The number of amides is 1. The molecule has 0 bridgehead atoms. The van der Waals surface area contributed by atoms with Crippen LogP contribution >= 0.6 is 10.6 Å². The molecule has 0 radical (unpaired) electrons. The largest absolute Gasteiger partial charge is 0.435 e. The normalized spacial score (nSPS) is 18.4. The average Bonchev–Trinajstić information content (AvgIpc) is 3.02. The van der Waals surface area contributed by atoms with Gasteiger partial charge in [0.1, 0.15) is 11.6 Å². The Morgan fingerprint density at radius 1 is 1.16 bits per heavy atom. The molecule has 3 aromatic rings. The first-order valence-electron chi connectivity index (χ1n) is 11.3. The number of alkyl halides is 2. The van der Waals surface area contributed by atoms with Crippen molar-refractivity contribution in [3.63, 3.8) is 0 Å². The molecule has 1 saturated heterocycles. The lowest BCUT2D eigenvalue weighted by atomic mass is 10.0. The molecule has 0 saturated carbocycles. The third-order valence-electron chi connectivity index (χ3n) is 6.44. The first-order chi connectivity index (χ1) is 17.0. The number of halogens is 3. The summed E-state index contributed by atoms with van der Waals surface area (Å²) in [6.07, 6.45) is 0. The van der Waals surface area contributed by atoms with Gasteiger partial charge in [-0.1, -0.05) is 0 Å². The SMILES string of the molecule is CC(n1c(=O)n(-c2cc(OC(F)F)ccc2F)c2ccc(C(=O)NC3(C)CS(O)(O)C3)cc21)C(C)(C)O. The van der Waals surface area contributed by atoms with E-state index >= 15 is 0 Å². The monoisotopic (exact) mass is 543 g/mol. The highest BCUT2D eigenvalue weighted by Gasteiger charge is 2.45. The lowest BCUT2D eigenvalue weighted by Gasteiger charge is -2.54. The highest BCUT2D eigenvalue weighted by molar-refractivity contribution is 8.25. The van der Waals surface area contributed by atoms with Gasteiger partial charge in [-0.3, -0.25) is 23.0 Å². The van der Waals surface area contributed by atoms with Gasteiger partial charge in [0, 0.05) is 11.6 Å². The number of hydrogen-bond donors (Lipinski definition) is 4. The molecule has 13 heteroatoms. The van der Waals surface area contributed by atoms with E-state index in [0.717, 1.165) is 22.8 Å². The van der Waals surface area contributed by atoms with E-state index in [9.17, 15) is 37.0 Å². The van der Waals surface area contributed by atoms with E-state index in [0.29, 0.717) is 0 Å². The molecule has 1 unspecified atom stereocenters. The summed E-state index contributed by atoms with van der Waals surface area (Å²) < 4.78 is 66.4. The summed E-state index contributed by atoms with van der Waals surface area (Å²) in [5, 5.41) is 13.4. The van der Waals surface area contributed by atoms with Gasteiger partial charge in [0.2, 0.25) is 0 Å². The van der Waals surface area contributed by atoms with E-state index in [2.05, 4.69) is 10.1 Å². The lowest BCUT2D eigenvalue weighted by Crippen LogP contribution is -2.61. The van der Waals surface area contributed by atoms with Crippen LogP contribution < -0.4 is 15.7 Å². The molecular weight excluding hydrogens is 515 g/mol. The maximum atomic E-state index is 14.9. The van der Waals surface area contributed by atoms with Crippen molar-refractivity contribution >= 4 is 27.5 Å². The Morgan fingerprint density at radius 3 is 2.38 bits per heavy atom. The van der Waals surface area contributed by atoms with Crippen LogP contribution in [0.3, 0.4) is 0 Å². The van der Waals surface area contributed by atoms with Crippen LogP contribution in [0.2, 0.25) is 0 Å². The number of nitrogens with zero attached hydrogens (tertiary/aromatic N) is 2. The van der Waals surface area contributed by atoms with E-state index in [-0.39, 0.29) is 39.5 Å². The Kier molecular flexibility index (Phi) is 6.64. The number of carbonyl (C=O) groups excluding carboxylic acids is 1. The van der Waals surface area contributed by atoms with Gasteiger partial charge in [0.15, 0.2) is 0 Å². The summed E-state index contributed by atoms with van der Waals surface area (Å²) in [7, 11) is -2.72. The van der Waals surface area contributed by atoms with Crippen molar-refractivity contribution in [2.45, 2.75) is 51.5 Å². The molecule has 37 heavy (non-hydrogen) atoms. The Balaban J connectivity index is 1.87. The number of aromatic nitrogens is 2. The number of ether oxygens (including phenoxy) is 1. The number of nitrogens with one attached hydrogen (secondary N) is 1. The minimum absolute atomic E-state index is 0.0150. The summed E-state index contributed by atoms with van der Waals surface area (Å²) in [4.78, 5) is 26.6. The minimum atomic E-state index is -3.16. The van der Waals surface area contributed by atoms with Crippen molar-refractivity contribution in [3.05, 3.63) is 58.3 Å². The number of rotatable bonds is 7. The van der Waals surface area contributed by atoms with Crippen molar-refractivity contribution in [1.29, 1.82) is 0 Å². The third-order valence-corrected chi connectivity index (χ3v) is 8.64. The Labute approximate surface area is 211 Å². The molecule has 2 aromatic carbocycles. The molecular formula is C24H28F3N3O6S. The predicted molar refractivity (Wildman–Crippen MR) is 134 cm³/mol. The van der Waals surface area contributed by atoms with E-state index in [1.165, 1.54) is 36.6 Å². The molecule has 4 N–H and O–H groups in total. The molecule has 0 aliphatic carbocycles. The number of benzene rings is 2. The van der Waals surface area contributed by atoms with Crippen LogP contribution in [0.1, 0.15) is 44.1 Å². The van der Waals surface area contributed by atoms with Crippen molar-refractivity contribution < 1.29 is 36.9 Å². The van der Waals surface area contributed by atoms with E-state index in [1.807, 2.05) is 0 Å². The van der Waals surface area contributed by atoms with Gasteiger partial charge in [0.05, 0.1) is 45.4 Å². The molecule has 202 valence electrons. The van der Waals surface area contributed by atoms with Crippen LogP contribution in [0, 0.1) is 5.82 Å². The molecule has 0 spiro atoms. The zero-order valence-electron chi connectivity index (χ0n) is 20.5. The fourth-order valence-electron chi connectivity index (χ4n) is 4.52. The van der Waals surface area contributed by atoms with Gasteiger partial charge in [-0.15, -0.1) is 0 Å². The van der Waals surface area contributed by atoms with Crippen LogP contribution in [0.25, 0.3) is 16.7 Å². The van der Waals surface area contributed by atoms with E-state index in [1.54, 1.807) is 13.8 Å². The molecule has 1 aliphatic heterocycles. The zero-order chi connectivity index (χ0) is 27.5. The highest BCUT2D eigenvalue weighted by atomic mass is 32.3. The van der Waals surface area contributed by atoms with Gasteiger partial charge in [-0.25, -0.2) is 9.18 Å². The summed E-state index contributed by atoms with van der Waals surface area (Å²) in [5.74, 6) is -1.73. The highest BCUT2D eigenvalue weighted by Crippen LogP contribution is 2.53. The molecule has 1 fully saturated rings. The smallest absolute Gasteiger partial charge is 0.387 e. The molecule has 9 nitrogen and oxygen atoms in total. The van der Waals surface area contributed by atoms with Gasteiger partial charge < -0.3 is 15.2 Å². The molecule has 1 aromatic heterocycles. The average molecular weight is 544 g/mol. The number of fused-ring (bicyclic) bond motifs is 1. The summed E-state index contributed by atoms with van der Waals surface area (Å²) in [5.41, 5.74) is -2.85. The van der Waals surface area contributed by atoms with Gasteiger partial charge in [0.25, 0.3) is 5.91 Å². The zero-order valence-corrected chi connectivity index (χ0v) is 21.4. The quantitative estimate of drug-likeness (QED) is 0.355. The van der Waals surface area contributed by atoms with Gasteiger partial charge >= 0.3 is 12.3 Å². The molecule has 1 amide bonds. The third kappa shape index (κ3) is 5.21. The first-order valence-corrected chi connectivity index (χ1v) is 13.2. The molecule has 2 heterocycles. The van der Waals surface area contributed by atoms with Crippen molar-refractivity contribution in [2.75, 3.05) is 11.5 Å². The Morgan fingerprint density at radius 2 is 1.81 bits per heavy atom. The standard InChI is InChI=1S/C24H28F3N3O6S/c1-13(23(2,3)33)29-19-9-14(20(31)28-24(4)11-37(34,35)12-24)5-8-17(19)30(22(29)32)18-10-15(36-21(26)27)6-7-16(18)25/h5-10,13,21,33-35H,11-12H2,1-4H3,(H,28,31). The van der Waals surface area contributed by atoms with E-state index < -0.39 is 51.8 Å². The lowest BCUT2D eigenvalue weighted by molar-refractivity contribution is -0.0498. The van der Waals surface area contributed by atoms with Crippen LogP contribution in [0.5, 0.6) is 5.75 Å². The fraction of sp³-hybridized carbons (Fsp3) is 0.417. The topological polar surface area (TPSA) is 126 Å². The Hall–Kier alpha value is -3.00. The van der Waals surface area contributed by atoms with Crippen LogP contribution in [-0.4, -0.2) is 58.5 Å². The number of imidazole rings is 1. The fourth-order valence-corrected chi connectivity index (χ4v) is 6.62. The van der Waals surface area contributed by atoms with Crippen LogP contribution in [-0.2, 0) is 0 Å². The summed E-state index contributed by atoms with van der Waals surface area (Å²) in [6.45, 7) is 3.06. The second kappa shape index (κ2) is 9.08. The predicted octanol–water partition coefficient (Wildman–Crippen LogP) is 4.12. The second-order valence-electron chi connectivity index (χ2n) is 10.1. The van der Waals surface area contributed by atoms with Crippen molar-refractivity contribution in [1.82, 2.24) is 14.5 Å². The maximum absolute atomic E-state index is 14.9. The summed E-state index contributed by atoms with van der Waals surface area (Å²) in [6, 6.07) is 6.25. The molecule has 1 aliphatic rings. The number of aliphatic hydroxyl groups is 1. The van der Waals surface area contributed by atoms with Crippen molar-refractivity contribution in [2.24, 2.45) is 0 Å². The maximum Gasteiger partial charge on any atom is 0.387 e. The van der Waals surface area contributed by atoms with Gasteiger partial charge in [-0.05, 0) is 58.0 Å². The molecule has 4 rings (SSSR count). The minimum Gasteiger partial charge on any atom is -0.435 e. The second-order valence-corrected chi connectivity index (χ2v) is 12.3. The number of carbonyl (C=O) groups is 1.